The summed E-state index contributed by atoms with van der Waals surface area (Å²) in [6.07, 6.45) is 0.605. The average molecular weight is 364 g/mol. The zero-order valence-electron chi connectivity index (χ0n) is 15.6. The molecule has 1 saturated heterocycles. The van der Waals surface area contributed by atoms with Gasteiger partial charge in [0.25, 0.3) is 5.91 Å². The van der Waals surface area contributed by atoms with Gasteiger partial charge in [0.1, 0.15) is 5.82 Å². The lowest BCUT2D eigenvalue weighted by Crippen LogP contribution is -2.43. The number of hydrogen-bond donors (Lipinski definition) is 2. The molecule has 0 aliphatic carbocycles. The van der Waals surface area contributed by atoms with Crippen molar-refractivity contribution in [2.75, 3.05) is 33.7 Å². The van der Waals surface area contributed by atoms with Gasteiger partial charge in [-0.1, -0.05) is 24.3 Å². The minimum Gasteiger partial charge on any atom is -0.387 e. The molecule has 2 heterocycles. The van der Waals surface area contributed by atoms with Crippen molar-refractivity contribution >= 4 is 16.9 Å². The number of β-amino-alcohol motifs (C(OH)–C–C–N with tert-alkyl or cyclic N) is 1. The summed E-state index contributed by atoms with van der Waals surface area (Å²) >= 11 is 0. The maximum Gasteiger partial charge on any atom is 0.253 e. The second-order valence-corrected chi connectivity index (χ2v) is 7.62. The Labute approximate surface area is 158 Å². The molecule has 0 unspecified atom stereocenters. The summed E-state index contributed by atoms with van der Waals surface area (Å²) in [6, 6.07) is 15.4. The van der Waals surface area contributed by atoms with Gasteiger partial charge in [0.15, 0.2) is 0 Å². The maximum absolute atomic E-state index is 12.8. The smallest absolute Gasteiger partial charge is 0.253 e. The molecule has 2 N–H and O–H groups in total. The van der Waals surface area contributed by atoms with Gasteiger partial charge in [0.05, 0.1) is 23.2 Å². The molecule has 1 fully saturated rings. The minimum atomic E-state index is -0.826. The number of aromatic amines is 1. The number of nitrogens with one attached hydrogen (secondary N) is 1. The molecule has 1 aliphatic heterocycles. The maximum atomic E-state index is 12.8. The first-order valence-electron chi connectivity index (χ1n) is 9.15. The van der Waals surface area contributed by atoms with Crippen LogP contribution in [0.1, 0.15) is 16.8 Å². The number of H-pyrrole nitrogens is 1. The summed E-state index contributed by atoms with van der Waals surface area (Å²) in [5, 5.41) is 10.6. The Balaban J connectivity index is 1.50. The number of aliphatic hydroxyl groups is 1. The van der Waals surface area contributed by atoms with Crippen molar-refractivity contribution in [2.45, 2.75) is 12.0 Å². The number of amides is 1. The van der Waals surface area contributed by atoms with Gasteiger partial charge in [-0.25, -0.2) is 4.98 Å². The highest BCUT2D eigenvalue weighted by atomic mass is 16.3. The molecule has 27 heavy (non-hydrogen) atoms. The Morgan fingerprint density at radius 1 is 1.22 bits per heavy atom. The van der Waals surface area contributed by atoms with Crippen LogP contribution in [0.15, 0.2) is 48.5 Å². The monoisotopic (exact) mass is 364 g/mol. The molecule has 4 rings (SSSR count). The quantitative estimate of drug-likeness (QED) is 0.746. The fraction of sp³-hybridized carbons (Fsp3) is 0.333. The van der Waals surface area contributed by atoms with Crippen LogP contribution >= 0.6 is 0 Å². The van der Waals surface area contributed by atoms with Crippen molar-refractivity contribution in [3.8, 4) is 11.4 Å². The molecule has 1 aromatic heterocycles. The molecular weight excluding hydrogens is 340 g/mol. The first-order chi connectivity index (χ1) is 12.9. The van der Waals surface area contributed by atoms with E-state index in [1.165, 1.54) is 0 Å². The molecule has 6 nitrogen and oxygen atoms in total. The first-order valence-corrected chi connectivity index (χ1v) is 9.15. The molecule has 0 spiro atoms. The molecular formula is C21H24N4O2. The zero-order valence-corrected chi connectivity index (χ0v) is 15.6. The highest BCUT2D eigenvalue weighted by Crippen LogP contribution is 2.25. The SMILES string of the molecule is CN(C)C[C@@]1(O)CCN(C(=O)c2ccc(-c3nc4ccccc4[nH]3)cc2)C1. The third kappa shape index (κ3) is 3.59. The van der Waals surface area contributed by atoms with E-state index in [2.05, 4.69) is 9.97 Å². The third-order valence-electron chi connectivity index (χ3n) is 5.02. The van der Waals surface area contributed by atoms with Crippen molar-refractivity contribution in [1.29, 1.82) is 0 Å². The normalized spacial score (nSPS) is 19.9. The number of imidazole rings is 1. The number of para-hydroxylation sites is 2. The number of nitrogens with zero attached hydrogens (tertiary/aromatic N) is 3. The van der Waals surface area contributed by atoms with Gasteiger partial charge in [-0.05, 0) is 44.8 Å². The largest absolute Gasteiger partial charge is 0.387 e. The Morgan fingerprint density at radius 2 is 1.96 bits per heavy atom. The molecule has 140 valence electrons. The predicted octanol–water partition coefficient (Wildman–Crippen LogP) is 2.37. The van der Waals surface area contributed by atoms with Gasteiger partial charge in [0.2, 0.25) is 0 Å². The fourth-order valence-electron chi connectivity index (χ4n) is 3.79. The van der Waals surface area contributed by atoms with Crippen LogP contribution in [0.3, 0.4) is 0 Å². The van der Waals surface area contributed by atoms with Crippen LogP contribution in [0.25, 0.3) is 22.4 Å². The number of hydrogen-bond acceptors (Lipinski definition) is 4. The number of likely N-dealkylation sites (N-methyl/N-ethyl adjacent to an activating group) is 1. The lowest BCUT2D eigenvalue weighted by atomic mass is 10.0. The van der Waals surface area contributed by atoms with Gasteiger partial charge in [-0.3, -0.25) is 4.79 Å². The average Bonchev–Trinajstić information content (AvgIpc) is 3.24. The number of carbonyl (C=O) groups is 1. The van der Waals surface area contributed by atoms with Gasteiger partial charge in [0, 0.05) is 24.2 Å². The second kappa shape index (κ2) is 6.79. The predicted molar refractivity (Wildman–Crippen MR) is 106 cm³/mol. The number of rotatable bonds is 4. The molecule has 1 aliphatic rings. The van der Waals surface area contributed by atoms with E-state index in [1.807, 2.05) is 67.5 Å². The highest BCUT2D eigenvalue weighted by Gasteiger charge is 2.38. The third-order valence-corrected chi connectivity index (χ3v) is 5.02. The van der Waals surface area contributed by atoms with E-state index in [0.29, 0.717) is 31.6 Å². The van der Waals surface area contributed by atoms with Crippen LogP contribution < -0.4 is 0 Å². The summed E-state index contributed by atoms with van der Waals surface area (Å²) in [4.78, 5) is 24.4. The van der Waals surface area contributed by atoms with Crippen molar-refractivity contribution in [2.24, 2.45) is 0 Å². The van der Waals surface area contributed by atoms with E-state index in [9.17, 15) is 9.90 Å². The van der Waals surface area contributed by atoms with E-state index in [1.54, 1.807) is 4.90 Å². The van der Waals surface area contributed by atoms with Gasteiger partial charge in [-0.15, -0.1) is 0 Å². The van der Waals surface area contributed by atoms with Gasteiger partial charge in [-0.2, -0.15) is 0 Å². The lowest BCUT2D eigenvalue weighted by Gasteiger charge is -2.26. The van der Waals surface area contributed by atoms with Gasteiger partial charge >= 0.3 is 0 Å². The number of benzene rings is 2. The molecule has 0 bridgehead atoms. The van der Waals surface area contributed by atoms with Crippen LogP contribution in [0.2, 0.25) is 0 Å². The van der Waals surface area contributed by atoms with Crippen LogP contribution in [-0.2, 0) is 0 Å². The van der Waals surface area contributed by atoms with Crippen molar-refractivity contribution in [1.82, 2.24) is 19.8 Å². The Hall–Kier alpha value is -2.70. The Bertz CT molecular complexity index is 931. The van der Waals surface area contributed by atoms with E-state index in [-0.39, 0.29) is 5.91 Å². The molecule has 3 aromatic rings. The number of likely N-dealkylation sites (tertiary alicyclic amines) is 1. The topological polar surface area (TPSA) is 72.5 Å². The van der Waals surface area contributed by atoms with E-state index < -0.39 is 5.60 Å². The first kappa shape index (κ1) is 17.7. The summed E-state index contributed by atoms with van der Waals surface area (Å²) < 4.78 is 0. The number of fused-ring (bicyclic) bond motifs is 1. The molecule has 0 radical (unpaired) electrons. The summed E-state index contributed by atoms with van der Waals surface area (Å²) in [7, 11) is 3.86. The Morgan fingerprint density at radius 3 is 2.67 bits per heavy atom. The molecule has 2 aromatic carbocycles. The van der Waals surface area contributed by atoms with Crippen molar-refractivity contribution in [3.63, 3.8) is 0 Å². The van der Waals surface area contributed by atoms with Crippen LogP contribution in [-0.4, -0.2) is 70.1 Å². The van der Waals surface area contributed by atoms with E-state index >= 15 is 0 Å². The summed E-state index contributed by atoms with van der Waals surface area (Å²) in [6.45, 7) is 1.51. The van der Waals surface area contributed by atoms with Crippen molar-refractivity contribution in [3.05, 3.63) is 54.1 Å². The number of carbonyl (C=O) groups excluding carboxylic acids is 1. The molecule has 6 heteroatoms. The van der Waals surface area contributed by atoms with Crippen LogP contribution in [0.5, 0.6) is 0 Å². The fourth-order valence-corrected chi connectivity index (χ4v) is 3.79. The molecule has 1 amide bonds. The molecule has 0 saturated carbocycles. The van der Waals surface area contributed by atoms with Crippen LogP contribution in [0.4, 0.5) is 0 Å². The molecule has 1 atom stereocenters. The van der Waals surface area contributed by atoms with Crippen molar-refractivity contribution < 1.29 is 9.90 Å². The zero-order chi connectivity index (χ0) is 19.0. The summed E-state index contributed by atoms with van der Waals surface area (Å²) in [5.41, 5.74) is 2.65. The van der Waals surface area contributed by atoms with Gasteiger partial charge < -0.3 is 19.9 Å². The standard InChI is InChI=1S/C21H24N4O2/c1-24(2)13-21(27)11-12-25(14-21)20(26)16-9-7-15(8-10-16)19-22-17-5-3-4-6-18(17)23-19/h3-10,27H,11-14H2,1-2H3,(H,22,23)/t21-/m0/s1. The van der Waals surface area contributed by atoms with E-state index in [4.69, 9.17) is 0 Å². The summed E-state index contributed by atoms with van der Waals surface area (Å²) in [5.74, 6) is 0.748. The highest BCUT2D eigenvalue weighted by molar-refractivity contribution is 5.95. The van der Waals surface area contributed by atoms with E-state index in [0.717, 1.165) is 22.4 Å². The van der Waals surface area contributed by atoms with Crippen LogP contribution in [0, 0.1) is 0 Å². The lowest BCUT2D eigenvalue weighted by molar-refractivity contribution is 0.0236. The Kier molecular flexibility index (Phi) is 4.45. The minimum absolute atomic E-state index is 0.0409. The number of aromatic nitrogens is 2. The second-order valence-electron chi connectivity index (χ2n) is 7.62.